The van der Waals surface area contributed by atoms with Gasteiger partial charge >= 0.3 is 5.88 Å². The molecule has 1 aliphatic rings. The summed E-state index contributed by atoms with van der Waals surface area (Å²) in [6.45, 7) is 6.21. The number of pyridine rings is 1. The van der Waals surface area contributed by atoms with Crippen LogP contribution in [0, 0.1) is 12.3 Å². The Morgan fingerprint density at radius 1 is 1.33 bits per heavy atom. The van der Waals surface area contributed by atoms with Crippen LogP contribution >= 0.6 is 0 Å². The lowest BCUT2D eigenvalue weighted by molar-refractivity contribution is -0.682. The summed E-state index contributed by atoms with van der Waals surface area (Å²) in [5, 5.41) is 0. The second-order valence-corrected chi connectivity index (χ2v) is 5.70. The molecule has 0 aliphatic heterocycles. The Labute approximate surface area is 108 Å². The molecule has 0 radical (unpaired) electrons. The topological polar surface area (TPSA) is 30.2 Å². The van der Waals surface area contributed by atoms with Gasteiger partial charge in [0.2, 0.25) is 0 Å². The van der Waals surface area contributed by atoms with Gasteiger partial charge in [0, 0.05) is 19.4 Å². The molecule has 0 aromatic carbocycles. The molecule has 0 fully saturated rings. The Hall–Kier alpha value is -1.64. The molecule has 1 heterocycles. The van der Waals surface area contributed by atoms with Gasteiger partial charge in [-0.25, -0.2) is 0 Å². The fourth-order valence-electron chi connectivity index (χ4n) is 2.06. The monoisotopic (exact) mass is 246 g/mol. The second-order valence-electron chi connectivity index (χ2n) is 5.70. The van der Waals surface area contributed by atoms with E-state index in [0.717, 1.165) is 12.1 Å². The van der Waals surface area contributed by atoms with E-state index in [0.29, 0.717) is 18.1 Å². The number of hydrogen-bond donors (Lipinski definition) is 0. The summed E-state index contributed by atoms with van der Waals surface area (Å²) in [5.74, 6) is 1.28. The largest absolute Gasteiger partial charge is 0.402 e. The van der Waals surface area contributed by atoms with E-state index in [1.54, 1.807) is 0 Å². The van der Waals surface area contributed by atoms with Gasteiger partial charge in [0.05, 0.1) is 6.07 Å². The molecule has 0 bridgehead atoms. The van der Waals surface area contributed by atoms with Crippen LogP contribution < -0.4 is 9.30 Å². The Kier molecular flexibility index (Phi) is 3.24. The Balaban J connectivity index is 2.22. The van der Waals surface area contributed by atoms with Gasteiger partial charge in [0.15, 0.2) is 17.2 Å². The number of carbonyl (C=O) groups excluding carboxylic acids is 1. The van der Waals surface area contributed by atoms with E-state index in [1.165, 1.54) is 0 Å². The number of carbonyl (C=O) groups is 1. The fraction of sp³-hybridized carbons (Fsp3) is 0.467. The molecule has 0 saturated carbocycles. The van der Waals surface area contributed by atoms with Gasteiger partial charge in [-0.1, -0.05) is 13.8 Å². The predicted molar refractivity (Wildman–Crippen MR) is 69.1 cm³/mol. The van der Waals surface area contributed by atoms with Crippen molar-refractivity contribution in [2.45, 2.75) is 33.6 Å². The average Bonchev–Trinajstić information content (AvgIpc) is 2.27. The number of aryl methyl sites for hydroxylation is 1. The minimum absolute atomic E-state index is 0.0543. The van der Waals surface area contributed by atoms with Gasteiger partial charge in [0.25, 0.3) is 0 Å². The van der Waals surface area contributed by atoms with Crippen molar-refractivity contribution >= 4 is 5.78 Å². The van der Waals surface area contributed by atoms with Crippen molar-refractivity contribution in [2.24, 2.45) is 12.5 Å². The van der Waals surface area contributed by atoms with E-state index < -0.39 is 0 Å². The first kappa shape index (κ1) is 12.8. The molecular formula is C15H20NO2+. The second kappa shape index (κ2) is 4.56. The third kappa shape index (κ3) is 2.61. The maximum Gasteiger partial charge on any atom is 0.373 e. The number of hydrogen-bond acceptors (Lipinski definition) is 2. The van der Waals surface area contributed by atoms with E-state index in [9.17, 15) is 4.79 Å². The van der Waals surface area contributed by atoms with Crippen LogP contribution in [0.4, 0.5) is 0 Å². The Morgan fingerprint density at radius 2 is 2.06 bits per heavy atom. The lowest BCUT2D eigenvalue weighted by Gasteiger charge is -2.26. The van der Waals surface area contributed by atoms with E-state index in [4.69, 9.17) is 4.74 Å². The standard InChI is InChI=1S/C15H20NO2/c1-11-6-5-7-14(16(11)4)18-13-8-9-15(2,3)10-12(13)17/h5-8H,9-10H2,1-4H3/q+1. The van der Waals surface area contributed by atoms with Gasteiger partial charge in [-0.05, 0) is 24.0 Å². The smallest absolute Gasteiger partial charge is 0.373 e. The van der Waals surface area contributed by atoms with Crippen LogP contribution in [0.2, 0.25) is 0 Å². The molecule has 3 heteroatoms. The van der Waals surface area contributed by atoms with Gasteiger partial charge < -0.3 is 4.74 Å². The third-order valence-electron chi connectivity index (χ3n) is 3.40. The summed E-state index contributed by atoms with van der Waals surface area (Å²) in [7, 11) is 1.93. The highest BCUT2D eigenvalue weighted by molar-refractivity contribution is 5.95. The molecule has 0 atom stereocenters. The van der Waals surface area contributed by atoms with Crippen LogP contribution in [-0.2, 0) is 11.8 Å². The van der Waals surface area contributed by atoms with E-state index in [2.05, 4.69) is 13.8 Å². The number of ketones is 1. The van der Waals surface area contributed by atoms with Crippen LogP contribution in [0.5, 0.6) is 5.88 Å². The Bertz CT molecular complexity index is 515. The van der Waals surface area contributed by atoms with Crippen LogP contribution in [0.1, 0.15) is 32.4 Å². The summed E-state index contributed by atoms with van der Waals surface area (Å²) in [6.07, 6.45) is 3.34. The highest BCUT2D eigenvalue weighted by Gasteiger charge is 2.30. The van der Waals surface area contributed by atoms with Crippen molar-refractivity contribution in [1.29, 1.82) is 0 Å². The maximum absolute atomic E-state index is 12.0. The van der Waals surface area contributed by atoms with Crippen molar-refractivity contribution in [3.05, 3.63) is 35.7 Å². The van der Waals surface area contributed by atoms with Crippen LogP contribution in [-0.4, -0.2) is 5.78 Å². The third-order valence-corrected chi connectivity index (χ3v) is 3.40. The summed E-state index contributed by atoms with van der Waals surface area (Å²) < 4.78 is 7.69. The first-order chi connectivity index (χ1) is 8.39. The van der Waals surface area contributed by atoms with Crippen molar-refractivity contribution in [2.75, 3.05) is 0 Å². The summed E-state index contributed by atoms with van der Waals surface area (Å²) in [5.41, 5.74) is 1.15. The molecule has 2 rings (SSSR count). The molecule has 1 aromatic rings. The van der Waals surface area contributed by atoms with E-state index in [1.807, 2.05) is 42.8 Å². The predicted octanol–water partition coefficient (Wildman–Crippen LogP) is 2.47. The van der Waals surface area contributed by atoms with E-state index >= 15 is 0 Å². The molecule has 0 spiro atoms. The van der Waals surface area contributed by atoms with Gasteiger partial charge in [0.1, 0.15) is 7.05 Å². The molecule has 0 unspecified atom stereocenters. The number of aromatic nitrogens is 1. The average molecular weight is 246 g/mol. The fourth-order valence-corrected chi connectivity index (χ4v) is 2.06. The van der Waals surface area contributed by atoms with E-state index in [-0.39, 0.29) is 11.2 Å². The van der Waals surface area contributed by atoms with Crippen molar-refractivity contribution in [3.63, 3.8) is 0 Å². The van der Waals surface area contributed by atoms with Crippen LogP contribution in [0.15, 0.2) is 30.0 Å². The number of ether oxygens (including phenoxy) is 1. The van der Waals surface area contributed by atoms with Gasteiger partial charge in [-0.2, -0.15) is 4.57 Å². The number of nitrogens with zero attached hydrogens (tertiary/aromatic N) is 1. The zero-order valence-electron chi connectivity index (χ0n) is 11.5. The minimum Gasteiger partial charge on any atom is -0.402 e. The summed E-state index contributed by atoms with van der Waals surface area (Å²) in [4.78, 5) is 12.0. The van der Waals surface area contributed by atoms with Crippen molar-refractivity contribution in [3.8, 4) is 5.88 Å². The number of allylic oxidation sites excluding steroid dienone is 2. The summed E-state index contributed by atoms with van der Waals surface area (Å²) >= 11 is 0. The summed E-state index contributed by atoms with van der Waals surface area (Å²) in [6, 6.07) is 5.82. The molecule has 0 N–H and O–H groups in total. The molecule has 0 amide bonds. The molecule has 1 aliphatic carbocycles. The number of Topliss-reactive ketones (excluding diaryl/α,β-unsaturated/α-hetero) is 1. The maximum atomic E-state index is 12.0. The molecule has 1 aromatic heterocycles. The number of rotatable bonds is 2. The van der Waals surface area contributed by atoms with Gasteiger partial charge in [-0.3, -0.25) is 4.79 Å². The first-order valence-electron chi connectivity index (χ1n) is 6.26. The van der Waals surface area contributed by atoms with Crippen molar-refractivity contribution < 1.29 is 14.1 Å². The molecular weight excluding hydrogens is 226 g/mol. The van der Waals surface area contributed by atoms with Crippen LogP contribution in [0.25, 0.3) is 0 Å². The molecule has 96 valence electrons. The van der Waals surface area contributed by atoms with Crippen LogP contribution in [0.3, 0.4) is 0 Å². The zero-order valence-corrected chi connectivity index (χ0v) is 11.5. The molecule has 18 heavy (non-hydrogen) atoms. The molecule has 3 nitrogen and oxygen atoms in total. The highest BCUT2D eigenvalue weighted by Crippen LogP contribution is 2.32. The zero-order chi connectivity index (χ0) is 13.3. The Morgan fingerprint density at radius 3 is 2.72 bits per heavy atom. The molecule has 0 saturated heterocycles. The lowest BCUT2D eigenvalue weighted by Crippen LogP contribution is -2.35. The normalized spacial score (nSPS) is 18.4. The lowest BCUT2D eigenvalue weighted by atomic mass is 9.80. The highest BCUT2D eigenvalue weighted by atomic mass is 16.5. The van der Waals surface area contributed by atoms with Crippen molar-refractivity contribution in [1.82, 2.24) is 0 Å². The minimum atomic E-state index is 0.0543. The van der Waals surface area contributed by atoms with Gasteiger partial charge in [-0.15, -0.1) is 0 Å². The first-order valence-corrected chi connectivity index (χ1v) is 6.26. The SMILES string of the molecule is Cc1cccc(OC2=CCC(C)(C)CC2=O)[n+]1C. The quantitative estimate of drug-likeness (QED) is 0.750.